The first kappa shape index (κ1) is 23.0. The van der Waals surface area contributed by atoms with Gasteiger partial charge in [0.05, 0.1) is 38.6 Å². The van der Waals surface area contributed by atoms with E-state index in [0.29, 0.717) is 17.8 Å². The summed E-state index contributed by atoms with van der Waals surface area (Å²) in [5.41, 5.74) is 5.68. The Hall–Kier alpha value is -4.13. The number of carbonyl (C=O) groups is 1. The molecule has 2 aromatic carbocycles. The molecule has 0 unspecified atom stereocenters. The Balaban J connectivity index is 1.62. The van der Waals surface area contributed by atoms with Crippen LogP contribution in [0.3, 0.4) is 0 Å². The summed E-state index contributed by atoms with van der Waals surface area (Å²) >= 11 is 0. The molecule has 4 rings (SSSR count). The topological polar surface area (TPSA) is 78.3 Å². The predicted molar refractivity (Wildman–Crippen MR) is 131 cm³/mol. The van der Waals surface area contributed by atoms with Gasteiger partial charge in [-0.1, -0.05) is 30.3 Å². The number of methoxy groups -OCH3 is 2. The number of hydrogen-bond donors (Lipinski definition) is 1. The molecule has 0 aliphatic heterocycles. The van der Waals surface area contributed by atoms with Crippen molar-refractivity contribution in [2.24, 2.45) is 0 Å². The van der Waals surface area contributed by atoms with E-state index in [1.165, 1.54) is 0 Å². The average molecular weight is 457 g/mol. The second-order valence-corrected chi connectivity index (χ2v) is 8.03. The van der Waals surface area contributed by atoms with Crippen LogP contribution in [0.5, 0.6) is 11.5 Å². The molecular formula is C27H28N4O3. The van der Waals surface area contributed by atoms with Gasteiger partial charge in [-0.25, -0.2) is 0 Å². The highest BCUT2D eigenvalue weighted by molar-refractivity contribution is 5.99. The van der Waals surface area contributed by atoms with Gasteiger partial charge in [-0.2, -0.15) is 5.10 Å². The van der Waals surface area contributed by atoms with Gasteiger partial charge in [0.2, 0.25) is 0 Å². The van der Waals surface area contributed by atoms with Crippen molar-refractivity contribution >= 4 is 5.91 Å². The van der Waals surface area contributed by atoms with Gasteiger partial charge in [0.15, 0.2) is 0 Å². The van der Waals surface area contributed by atoms with E-state index in [1.807, 2.05) is 68.4 Å². The van der Waals surface area contributed by atoms with Crippen LogP contribution in [0, 0.1) is 13.8 Å². The van der Waals surface area contributed by atoms with Crippen molar-refractivity contribution in [3.8, 4) is 22.8 Å². The number of aryl methyl sites for hydroxylation is 1. The van der Waals surface area contributed by atoms with Gasteiger partial charge in [0.1, 0.15) is 17.2 Å². The molecule has 0 spiro atoms. The van der Waals surface area contributed by atoms with E-state index < -0.39 is 0 Å². The third kappa shape index (κ3) is 4.93. The average Bonchev–Trinajstić information content (AvgIpc) is 3.28. The summed E-state index contributed by atoms with van der Waals surface area (Å²) in [5.74, 6) is 1.31. The summed E-state index contributed by atoms with van der Waals surface area (Å²) in [4.78, 5) is 17.8. The monoisotopic (exact) mass is 456 g/mol. The lowest BCUT2D eigenvalue weighted by Gasteiger charge is -2.13. The number of nitrogens with one attached hydrogen (secondary N) is 1. The maximum atomic E-state index is 13.3. The van der Waals surface area contributed by atoms with E-state index in [-0.39, 0.29) is 12.5 Å². The molecule has 0 saturated carbocycles. The van der Waals surface area contributed by atoms with Crippen LogP contribution in [-0.4, -0.2) is 34.9 Å². The van der Waals surface area contributed by atoms with E-state index in [0.717, 1.165) is 39.4 Å². The minimum absolute atomic E-state index is 0.217. The van der Waals surface area contributed by atoms with Gasteiger partial charge in [-0.15, -0.1) is 0 Å². The van der Waals surface area contributed by atoms with Crippen molar-refractivity contribution < 1.29 is 14.3 Å². The van der Waals surface area contributed by atoms with Crippen molar-refractivity contribution in [1.29, 1.82) is 0 Å². The Morgan fingerprint density at radius 3 is 2.41 bits per heavy atom. The lowest BCUT2D eigenvalue weighted by Crippen LogP contribution is -2.24. The van der Waals surface area contributed by atoms with Crippen LogP contribution in [-0.2, 0) is 13.1 Å². The summed E-state index contributed by atoms with van der Waals surface area (Å²) in [6.07, 6.45) is 3.55. The largest absolute Gasteiger partial charge is 0.497 e. The summed E-state index contributed by atoms with van der Waals surface area (Å²) < 4.78 is 12.6. The standard InChI is InChI=1S/C27H28N4O3/c1-18-14-28-24(19(2)26(18)34-4)15-29-27(32)23-17-31(16-20-8-6-5-7-9-20)30-25(23)21-10-12-22(33-3)13-11-21/h5-14,17H,15-16H2,1-4H3,(H,29,32). The molecule has 174 valence electrons. The molecule has 1 amide bonds. The Morgan fingerprint density at radius 2 is 1.74 bits per heavy atom. The first-order valence-electron chi connectivity index (χ1n) is 11.0. The second-order valence-electron chi connectivity index (χ2n) is 8.03. The summed E-state index contributed by atoms with van der Waals surface area (Å²) in [5, 5.41) is 7.74. The van der Waals surface area contributed by atoms with E-state index >= 15 is 0 Å². The molecule has 34 heavy (non-hydrogen) atoms. The highest BCUT2D eigenvalue weighted by Gasteiger charge is 2.19. The second kappa shape index (κ2) is 10.2. The molecule has 4 aromatic rings. The smallest absolute Gasteiger partial charge is 0.255 e. The SMILES string of the molecule is COc1ccc(-c2nn(Cc3ccccc3)cc2C(=O)NCc2ncc(C)c(OC)c2C)cc1. The first-order chi connectivity index (χ1) is 16.5. The van der Waals surface area contributed by atoms with Gasteiger partial charge in [0, 0.05) is 29.1 Å². The molecule has 0 aliphatic rings. The van der Waals surface area contributed by atoms with Crippen LogP contribution < -0.4 is 14.8 Å². The molecule has 0 saturated heterocycles. The fraction of sp³-hybridized carbons (Fsp3) is 0.222. The maximum absolute atomic E-state index is 13.3. The van der Waals surface area contributed by atoms with Crippen LogP contribution in [0.2, 0.25) is 0 Å². The number of pyridine rings is 1. The fourth-order valence-electron chi connectivity index (χ4n) is 3.91. The minimum Gasteiger partial charge on any atom is -0.497 e. The molecule has 7 nitrogen and oxygen atoms in total. The molecule has 2 heterocycles. The maximum Gasteiger partial charge on any atom is 0.255 e. The Kier molecular flexibility index (Phi) is 6.92. The molecule has 0 bridgehead atoms. The molecule has 7 heteroatoms. The number of hydrogen-bond acceptors (Lipinski definition) is 5. The summed E-state index contributed by atoms with van der Waals surface area (Å²) in [6, 6.07) is 17.6. The number of rotatable bonds is 8. The van der Waals surface area contributed by atoms with E-state index in [1.54, 1.807) is 31.3 Å². The van der Waals surface area contributed by atoms with Crippen LogP contribution in [0.4, 0.5) is 0 Å². The van der Waals surface area contributed by atoms with Gasteiger partial charge >= 0.3 is 0 Å². The van der Waals surface area contributed by atoms with Crippen molar-refractivity contribution in [3.05, 3.63) is 94.9 Å². The Labute approximate surface area is 199 Å². The molecule has 0 aliphatic carbocycles. The van der Waals surface area contributed by atoms with Gasteiger partial charge < -0.3 is 14.8 Å². The van der Waals surface area contributed by atoms with Crippen LogP contribution >= 0.6 is 0 Å². The molecule has 0 fully saturated rings. The van der Waals surface area contributed by atoms with E-state index in [4.69, 9.17) is 14.6 Å². The van der Waals surface area contributed by atoms with E-state index in [2.05, 4.69) is 10.3 Å². The highest BCUT2D eigenvalue weighted by atomic mass is 16.5. The number of carbonyl (C=O) groups excluding carboxylic acids is 1. The number of nitrogens with zero attached hydrogens (tertiary/aromatic N) is 3. The Bertz CT molecular complexity index is 1280. The lowest BCUT2D eigenvalue weighted by atomic mass is 10.1. The third-order valence-electron chi connectivity index (χ3n) is 5.72. The summed E-state index contributed by atoms with van der Waals surface area (Å²) in [6.45, 7) is 4.74. The van der Waals surface area contributed by atoms with E-state index in [9.17, 15) is 4.79 Å². The zero-order valence-corrected chi connectivity index (χ0v) is 19.8. The number of amides is 1. The highest BCUT2D eigenvalue weighted by Crippen LogP contribution is 2.26. The van der Waals surface area contributed by atoms with Gasteiger partial charge in [-0.3, -0.25) is 14.5 Å². The van der Waals surface area contributed by atoms with Crippen molar-refractivity contribution in [1.82, 2.24) is 20.1 Å². The van der Waals surface area contributed by atoms with Gasteiger partial charge in [-0.05, 0) is 43.7 Å². The van der Waals surface area contributed by atoms with Crippen LogP contribution in [0.25, 0.3) is 11.3 Å². The number of benzene rings is 2. The summed E-state index contributed by atoms with van der Waals surface area (Å²) in [7, 11) is 3.26. The zero-order valence-electron chi connectivity index (χ0n) is 19.8. The van der Waals surface area contributed by atoms with Gasteiger partial charge in [0.25, 0.3) is 5.91 Å². The normalized spacial score (nSPS) is 10.7. The molecular weight excluding hydrogens is 428 g/mol. The van der Waals surface area contributed by atoms with Crippen LogP contribution in [0.15, 0.2) is 67.0 Å². The fourth-order valence-corrected chi connectivity index (χ4v) is 3.91. The third-order valence-corrected chi connectivity index (χ3v) is 5.72. The number of ether oxygens (including phenoxy) is 2. The van der Waals surface area contributed by atoms with Crippen LogP contribution in [0.1, 0.15) is 32.7 Å². The molecule has 2 aromatic heterocycles. The molecule has 0 radical (unpaired) electrons. The minimum atomic E-state index is -0.217. The Morgan fingerprint density at radius 1 is 1.00 bits per heavy atom. The quantitative estimate of drug-likeness (QED) is 0.421. The lowest BCUT2D eigenvalue weighted by molar-refractivity contribution is 0.0951. The molecule has 0 atom stereocenters. The van der Waals surface area contributed by atoms with Crippen molar-refractivity contribution in [3.63, 3.8) is 0 Å². The molecule has 1 N–H and O–H groups in total. The van der Waals surface area contributed by atoms with Crippen molar-refractivity contribution in [2.45, 2.75) is 26.9 Å². The zero-order chi connectivity index (χ0) is 24.1. The predicted octanol–water partition coefficient (Wildman–Crippen LogP) is 4.56. The first-order valence-corrected chi connectivity index (χ1v) is 11.0. The van der Waals surface area contributed by atoms with Crippen molar-refractivity contribution in [2.75, 3.05) is 14.2 Å². The number of aromatic nitrogens is 3.